The average molecular weight is 384 g/mol. The first-order valence-corrected chi connectivity index (χ1v) is 10.0. The van der Waals surface area contributed by atoms with E-state index in [9.17, 15) is 4.79 Å². The molecule has 0 aliphatic heterocycles. The summed E-state index contributed by atoms with van der Waals surface area (Å²) in [5, 5.41) is 8.62. The van der Waals surface area contributed by atoms with Crippen LogP contribution in [0.5, 0.6) is 0 Å². The molecule has 0 atom stereocenters. The molecule has 0 fully saturated rings. The number of carbonyl (C=O) groups excluding carboxylic acids is 1. The molecule has 0 aliphatic rings. The van der Waals surface area contributed by atoms with Crippen LogP contribution >= 0.6 is 11.3 Å². The molecular formula is C21H25N3O2S. The third-order valence-corrected chi connectivity index (χ3v) is 5.23. The van der Waals surface area contributed by atoms with Crippen molar-refractivity contribution in [2.45, 2.75) is 26.9 Å². The Morgan fingerprint density at radius 3 is 2.85 bits per heavy atom. The quantitative estimate of drug-likeness (QED) is 0.585. The van der Waals surface area contributed by atoms with Gasteiger partial charge >= 0.3 is 0 Å². The van der Waals surface area contributed by atoms with Gasteiger partial charge in [-0.25, -0.2) is 0 Å². The van der Waals surface area contributed by atoms with Gasteiger partial charge in [0, 0.05) is 44.1 Å². The van der Waals surface area contributed by atoms with Crippen molar-refractivity contribution in [3.05, 3.63) is 64.1 Å². The van der Waals surface area contributed by atoms with E-state index in [1.807, 2.05) is 52.3 Å². The highest BCUT2D eigenvalue weighted by molar-refractivity contribution is 7.07. The molecule has 2 heterocycles. The molecule has 1 amide bonds. The maximum absolute atomic E-state index is 13.2. The number of methoxy groups -OCH3 is 1. The van der Waals surface area contributed by atoms with Crippen molar-refractivity contribution in [1.82, 2.24) is 14.7 Å². The molecule has 0 bridgehead atoms. The van der Waals surface area contributed by atoms with Crippen LogP contribution in [0.1, 0.15) is 28.5 Å². The van der Waals surface area contributed by atoms with E-state index in [-0.39, 0.29) is 5.91 Å². The summed E-state index contributed by atoms with van der Waals surface area (Å²) in [6.45, 7) is 6.54. The summed E-state index contributed by atoms with van der Waals surface area (Å²) < 4.78 is 7.12. The van der Waals surface area contributed by atoms with Crippen LogP contribution in [-0.2, 0) is 17.8 Å². The lowest BCUT2D eigenvalue weighted by atomic mass is 10.0. The maximum Gasteiger partial charge on any atom is 0.254 e. The van der Waals surface area contributed by atoms with Crippen LogP contribution in [0.2, 0.25) is 0 Å². The van der Waals surface area contributed by atoms with Crippen LogP contribution in [-0.4, -0.2) is 40.8 Å². The van der Waals surface area contributed by atoms with E-state index in [4.69, 9.17) is 4.74 Å². The molecule has 0 saturated heterocycles. The second-order valence-electron chi connectivity index (χ2n) is 6.42. The van der Waals surface area contributed by atoms with Gasteiger partial charge in [0.25, 0.3) is 5.91 Å². The third kappa shape index (κ3) is 4.64. The standard InChI is InChI=1S/C21H25N3O2S/c1-4-24-14-20(16(2)22-24)18-6-5-7-19(12-18)21(25)23(9-10-26-3)13-17-8-11-27-15-17/h5-8,11-12,14-15H,4,9-10,13H2,1-3H3. The van der Waals surface area contributed by atoms with Gasteiger partial charge in [0.15, 0.2) is 0 Å². The van der Waals surface area contributed by atoms with Crippen LogP contribution < -0.4 is 0 Å². The van der Waals surface area contributed by atoms with Gasteiger partial charge in [-0.2, -0.15) is 16.4 Å². The molecule has 1 aromatic carbocycles. The number of aromatic nitrogens is 2. The van der Waals surface area contributed by atoms with Gasteiger partial charge in [-0.3, -0.25) is 9.48 Å². The molecule has 3 aromatic rings. The number of thiophene rings is 1. The zero-order chi connectivity index (χ0) is 19.2. The van der Waals surface area contributed by atoms with Crippen LogP contribution in [0.3, 0.4) is 0 Å². The number of benzene rings is 1. The van der Waals surface area contributed by atoms with Crippen LogP contribution in [0.4, 0.5) is 0 Å². The molecule has 142 valence electrons. The molecule has 0 saturated carbocycles. The van der Waals surface area contributed by atoms with Gasteiger partial charge in [0.1, 0.15) is 0 Å². The van der Waals surface area contributed by atoms with Crippen LogP contribution in [0, 0.1) is 6.92 Å². The largest absolute Gasteiger partial charge is 0.383 e. The summed E-state index contributed by atoms with van der Waals surface area (Å²) >= 11 is 1.64. The molecule has 0 radical (unpaired) electrons. The van der Waals surface area contributed by atoms with E-state index >= 15 is 0 Å². The number of hydrogen-bond donors (Lipinski definition) is 0. The lowest BCUT2D eigenvalue weighted by Gasteiger charge is -2.22. The molecule has 0 N–H and O–H groups in total. The Balaban J connectivity index is 1.86. The fourth-order valence-electron chi connectivity index (χ4n) is 3.02. The first-order valence-electron chi connectivity index (χ1n) is 9.06. The highest BCUT2D eigenvalue weighted by Crippen LogP contribution is 2.24. The number of hydrogen-bond acceptors (Lipinski definition) is 4. The van der Waals surface area contributed by atoms with Crippen molar-refractivity contribution >= 4 is 17.2 Å². The van der Waals surface area contributed by atoms with E-state index in [1.165, 1.54) is 0 Å². The normalized spacial score (nSPS) is 10.9. The molecule has 3 rings (SSSR count). The van der Waals surface area contributed by atoms with Gasteiger partial charge in [-0.05, 0) is 53.9 Å². The van der Waals surface area contributed by atoms with Gasteiger partial charge in [0.2, 0.25) is 0 Å². The lowest BCUT2D eigenvalue weighted by Crippen LogP contribution is -2.33. The summed E-state index contributed by atoms with van der Waals surface area (Å²) in [6, 6.07) is 9.85. The minimum atomic E-state index is 0.0145. The van der Waals surface area contributed by atoms with Gasteiger partial charge in [-0.1, -0.05) is 12.1 Å². The zero-order valence-electron chi connectivity index (χ0n) is 16.0. The Morgan fingerprint density at radius 1 is 1.33 bits per heavy atom. The molecule has 6 heteroatoms. The first-order chi connectivity index (χ1) is 13.1. The Morgan fingerprint density at radius 2 is 2.19 bits per heavy atom. The highest BCUT2D eigenvalue weighted by atomic mass is 32.1. The minimum absolute atomic E-state index is 0.0145. The topological polar surface area (TPSA) is 47.4 Å². The number of amides is 1. The fraction of sp³-hybridized carbons (Fsp3) is 0.333. The van der Waals surface area contributed by atoms with Crippen molar-refractivity contribution in [2.75, 3.05) is 20.3 Å². The Hall–Kier alpha value is -2.44. The number of rotatable bonds is 8. The van der Waals surface area contributed by atoms with Gasteiger partial charge < -0.3 is 9.64 Å². The van der Waals surface area contributed by atoms with Gasteiger partial charge in [0.05, 0.1) is 12.3 Å². The predicted molar refractivity (Wildman–Crippen MR) is 109 cm³/mol. The van der Waals surface area contributed by atoms with Crippen LogP contribution in [0.25, 0.3) is 11.1 Å². The monoisotopic (exact) mass is 383 g/mol. The summed E-state index contributed by atoms with van der Waals surface area (Å²) in [4.78, 5) is 15.0. The van der Waals surface area contributed by atoms with Crippen molar-refractivity contribution in [2.24, 2.45) is 0 Å². The number of nitrogens with zero attached hydrogens (tertiary/aromatic N) is 3. The average Bonchev–Trinajstić information content (AvgIpc) is 3.34. The predicted octanol–water partition coefficient (Wildman–Crippen LogP) is 4.23. The van der Waals surface area contributed by atoms with Crippen molar-refractivity contribution in [3.63, 3.8) is 0 Å². The van der Waals surface area contributed by atoms with E-state index < -0.39 is 0 Å². The first kappa shape index (κ1) is 19.3. The molecule has 0 aliphatic carbocycles. The number of carbonyl (C=O) groups is 1. The molecule has 0 unspecified atom stereocenters. The summed E-state index contributed by atoms with van der Waals surface area (Å²) in [5.41, 5.74) is 4.87. The van der Waals surface area contributed by atoms with E-state index in [0.717, 1.165) is 28.9 Å². The second-order valence-corrected chi connectivity index (χ2v) is 7.20. The molecule has 27 heavy (non-hydrogen) atoms. The fourth-order valence-corrected chi connectivity index (χ4v) is 3.68. The summed E-state index contributed by atoms with van der Waals surface area (Å²) in [5.74, 6) is 0.0145. The lowest BCUT2D eigenvalue weighted by molar-refractivity contribution is 0.0680. The van der Waals surface area contributed by atoms with Crippen molar-refractivity contribution in [3.8, 4) is 11.1 Å². The summed E-state index contributed by atoms with van der Waals surface area (Å²) in [7, 11) is 1.65. The Labute approximate surface area is 164 Å². The highest BCUT2D eigenvalue weighted by Gasteiger charge is 2.17. The number of ether oxygens (including phenoxy) is 1. The minimum Gasteiger partial charge on any atom is -0.383 e. The second kappa shape index (κ2) is 8.97. The van der Waals surface area contributed by atoms with E-state index in [2.05, 4.69) is 23.5 Å². The molecule has 5 nitrogen and oxygen atoms in total. The SMILES string of the molecule is CCn1cc(-c2cccc(C(=O)N(CCOC)Cc3ccsc3)c2)c(C)n1. The van der Waals surface area contributed by atoms with Crippen molar-refractivity contribution in [1.29, 1.82) is 0 Å². The van der Waals surface area contributed by atoms with Gasteiger partial charge in [-0.15, -0.1) is 0 Å². The maximum atomic E-state index is 13.2. The Bertz CT molecular complexity index is 887. The van der Waals surface area contributed by atoms with E-state index in [1.54, 1.807) is 18.4 Å². The van der Waals surface area contributed by atoms with Crippen LogP contribution in [0.15, 0.2) is 47.3 Å². The smallest absolute Gasteiger partial charge is 0.254 e. The van der Waals surface area contributed by atoms with E-state index in [0.29, 0.717) is 25.3 Å². The third-order valence-electron chi connectivity index (χ3n) is 4.50. The molecule has 0 spiro atoms. The number of aryl methyl sites for hydroxylation is 2. The molecule has 2 aromatic heterocycles. The van der Waals surface area contributed by atoms with Crippen molar-refractivity contribution < 1.29 is 9.53 Å². The Kier molecular flexibility index (Phi) is 6.42. The zero-order valence-corrected chi connectivity index (χ0v) is 16.8. The molecular weight excluding hydrogens is 358 g/mol. The summed E-state index contributed by atoms with van der Waals surface area (Å²) in [6.07, 6.45) is 2.03.